The number of fused-ring (bicyclic) bond motifs is 1. The Kier molecular flexibility index (Phi) is 6.48. The van der Waals surface area contributed by atoms with Crippen molar-refractivity contribution in [2.75, 3.05) is 5.75 Å². The highest BCUT2D eigenvalue weighted by Gasteiger charge is 2.18. The Bertz CT molecular complexity index is 1270. The average Bonchev–Trinajstić information content (AvgIpc) is 3.44. The summed E-state index contributed by atoms with van der Waals surface area (Å²) in [5, 5.41) is 3.02. The molecular formula is C23H19FN2O3S2. The second-order valence-electron chi connectivity index (χ2n) is 6.79. The van der Waals surface area contributed by atoms with Crippen LogP contribution >= 0.6 is 23.1 Å². The Morgan fingerprint density at radius 2 is 2.10 bits per heavy atom. The summed E-state index contributed by atoms with van der Waals surface area (Å²) < 4.78 is 20.1. The molecule has 0 radical (unpaired) electrons. The summed E-state index contributed by atoms with van der Waals surface area (Å²) in [6, 6.07) is 9.16. The molecule has 4 rings (SSSR count). The van der Waals surface area contributed by atoms with Crippen LogP contribution in [0.1, 0.15) is 23.2 Å². The van der Waals surface area contributed by atoms with Crippen molar-refractivity contribution in [2.45, 2.75) is 24.5 Å². The molecule has 0 amide bonds. The van der Waals surface area contributed by atoms with Gasteiger partial charge in [-0.15, -0.1) is 17.9 Å². The number of nitrogens with zero attached hydrogens (tertiary/aromatic N) is 2. The lowest BCUT2D eigenvalue weighted by Gasteiger charge is -2.10. The van der Waals surface area contributed by atoms with Crippen LogP contribution in [-0.2, 0) is 6.54 Å². The molecule has 3 heterocycles. The predicted octanol–water partition coefficient (Wildman–Crippen LogP) is 5.80. The average molecular weight is 455 g/mol. The monoisotopic (exact) mass is 454 g/mol. The van der Waals surface area contributed by atoms with Gasteiger partial charge in [0.2, 0.25) is 0 Å². The third-order valence-corrected chi connectivity index (χ3v) is 6.64. The van der Waals surface area contributed by atoms with E-state index in [4.69, 9.17) is 9.40 Å². The van der Waals surface area contributed by atoms with Gasteiger partial charge in [-0.05, 0) is 42.8 Å². The molecular weight excluding hydrogens is 435 g/mol. The Hall–Kier alpha value is -2.97. The molecule has 0 N–H and O–H groups in total. The van der Waals surface area contributed by atoms with E-state index in [1.54, 1.807) is 23.0 Å². The molecule has 0 spiro atoms. The third kappa shape index (κ3) is 4.55. The number of aromatic nitrogens is 2. The molecule has 5 nitrogen and oxygen atoms in total. The Morgan fingerprint density at radius 3 is 2.81 bits per heavy atom. The first kappa shape index (κ1) is 21.3. The van der Waals surface area contributed by atoms with Crippen LogP contribution in [0.4, 0.5) is 4.39 Å². The number of ketones is 1. The number of halogens is 1. The summed E-state index contributed by atoms with van der Waals surface area (Å²) >= 11 is 2.84. The summed E-state index contributed by atoms with van der Waals surface area (Å²) in [6.45, 7) is 4.09. The molecule has 0 aliphatic rings. The van der Waals surface area contributed by atoms with Gasteiger partial charge >= 0.3 is 0 Å². The van der Waals surface area contributed by atoms with Gasteiger partial charge in [-0.3, -0.25) is 14.2 Å². The number of benzene rings is 1. The minimum Gasteiger partial charge on any atom is -0.464 e. The number of hydrogen-bond acceptors (Lipinski definition) is 6. The molecule has 0 fully saturated rings. The molecule has 31 heavy (non-hydrogen) atoms. The number of allylic oxidation sites excluding steroid dienone is 1. The van der Waals surface area contributed by atoms with Crippen LogP contribution in [0.3, 0.4) is 0 Å². The van der Waals surface area contributed by atoms with E-state index in [9.17, 15) is 14.0 Å². The maximum atomic E-state index is 13.2. The summed E-state index contributed by atoms with van der Waals surface area (Å²) in [6.07, 6.45) is 4.20. The van der Waals surface area contributed by atoms with Crippen LogP contribution in [-0.4, -0.2) is 21.1 Å². The molecule has 0 saturated heterocycles. The molecule has 0 saturated carbocycles. The fourth-order valence-corrected chi connectivity index (χ4v) is 5.11. The lowest BCUT2D eigenvalue weighted by Crippen LogP contribution is -2.22. The normalized spacial score (nSPS) is 11.1. The number of thioether (sulfide) groups is 1. The topological polar surface area (TPSA) is 65.1 Å². The Balaban J connectivity index is 1.51. The van der Waals surface area contributed by atoms with Gasteiger partial charge in [0.15, 0.2) is 10.9 Å². The van der Waals surface area contributed by atoms with E-state index in [0.717, 1.165) is 5.56 Å². The fourth-order valence-electron chi connectivity index (χ4n) is 3.20. The van der Waals surface area contributed by atoms with Gasteiger partial charge in [0.25, 0.3) is 5.56 Å². The molecule has 0 aliphatic carbocycles. The van der Waals surface area contributed by atoms with Crippen molar-refractivity contribution in [1.29, 1.82) is 0 Å². The van der Waals surface area contributed by atoms with Crippen LogP contribution < -0.4 is 5.56 Å². The fraction of sp³-hybridized carbons (Fsp3) is 0.174. The minimum atomic E-state index is -0.363. The van der Waals surface area contributed by atoms with Gasteiger partial charge in [-0.1, -0.05) is 17.8 Å². The molecule has 0 unspecified atom stereocenters. The number of Topliss-reactive ketones (excluding diaryl/α,β-unsaturated/α-hetero) is 1. The number of thiophene rings is 1. The van der Waals surface area contributed by atoms with Gasteiger partial charge in [0.1, 0.15) is 16.4 Å². The number of hydrogen-bond donors (Lipinski definition) is 0. The first-order valence-corrected chi connectivity index (χ1v) is 11.5. The number of rotatable bonds is 9. The summed E-state index contributed by atoms with van der Waals surface area (Å²) in [5.41, 5.74) is 1.10. The van der Waals surface area contributed by atoms with E-state index in [2.05, 4.69) is 6.58 Å². The van der Waals surface area contributed by atoms with Crippen molar-refractivity contribution >= 4 is 39.1 Å². The highest BCUT2D eigenvalue weighted by molar-refractivity contribution is 7.99. The van der Waals surface area contributed by atoms with Crippen LogP contribution in [0.25, 0.3) is 21.5 Å². The maximum absolute atomic E-state index is 13.2. The molecule has 0 atom stereocenters. The third-order valence-electron chi connectivity index (χ3n) is 4.70. The van der Waals surface area contributed by atoms with Crippen molar-refractivity contribution in [3.05, 3.63) is 82.4 Å². The molecule has 1 aromatic carbocycles. The van der Waals surface area contributed by atoms with Gasteiger partial charge in [-0.25, -0.2) is 9.37 Å². The molecule has 4 aromatic rings. The lowest BCUT2D eigenvalue weighted by molar-refractivity contribution is 0.0982. The van der Waals surface area contributed by atoms with Crippen LogP contribution in [0, 0.1) is 5.82 Å². The van der Waals surface area contributed by atoms with E-state index in [-0.39, 0.29) is 17.2 Å². The van der Waals surface area contributed by atoms with E-state index in [0.29, 0.717) is 51.8 Å². The molecule has 158 valence electrons. The molecule has 8 heteroatoms. The van der Waals surface area contributed by atoms with Crippen molar-refractivity contribution in [2.24, 2.45) is 0 Å². The van der Waals surface area contributed by atoms with E-state index in [1.807, 2.05) is 11.4 Å². The molecule has 0 bridgehead atoms. The lowest BCUT2D eigenvalue weighted by atomic mass is 10.1. The standard InChI is InChI=1S/C23H19FN2O3S2/c1-2-11-26-22(28)20-17(19-6-3-12-29-19)14-31-21(20)25-23(26)30-13-4-5-18(27)15-7-9-16(24)10-8-15/h2-3,6-10,12,14H,1,4-5,11,13H2. The number of furan rings is 1. The quantitative estimate of drug-likeness (QED) is 0.105. The van der Waals surface area contributed by atoms with Gasteiger partial charge in [0.05, 0.1) is 11.6 Å². The van der Waals surface area contributed by atoms with Crippen molar-refractivity contribution in [3.63, 3.8) is 0 Å². The number of carbonyl (C=O) groups excluding carboxylic acids is 1. The van der Waals surface area contributed by atoms with Crippen molar-refractivity contribution in [3.8, 4) is 11.3 Å². The first-order valence-electron chi connectivity index (χ1n) is 9.67. The second-order valence-corrected chi connectivity index (χ2v) is 8.71. The second kappa shape index (κ2) is 9.45. The maximum Gasteiger partial charge on any atom is 0.263 e. The summed E-state index contributed by atoms with van der Waals surface area (Å²) in [5.74, 6) is 0.861. The first-order chi connectivity index (χ1) is 15.1. The van der Waals surface area contributed by atoms with Gasteiger partial charge in [0, 0.05) is 35.2 Å². The summed E-state index contributed by atoms with van der Waals surface area (Å²) in [7, 11) is 0. The molecule has 3 aromatic heterocycles. The Morgan fingerprint density at radius 1 is 1.29 bits per heavy atom. The zero-order valence-corrected chi connectivity index (χ0v) is 18.2. The SMILES string of the molecule is C=CCn1c(SCCCC(=O)c2ccc(F)cc2)nc2scc(-c3ccco3)c2c1=O. The van der Waals surface area contributed by atoms with E-state index in [1.165, 1.54) is 47.4 Å². The van der Waals surface area contributed by atoms with Gasteiger partial charge < -0.3 is 4.42 Å². The summed E-state index contributed by atoms with van der Waals surface area (Å²) in [4.78, 5) is 30.8. The van der Waals surface area contributed by atoms with Gasteiger partial charge in [-0.2, -0.15) is 0 Å². The van der Waals surface area contributed by atoms with Crippen molar-refractivity contribution < 1.29 is 13.6 Å². The molecule has 0 aliphatic heterocycles. The van der Waals surface area contributed by atoms with Crippen LogP contribution in [0.15, 0.2) is 75.1 Å². The highest BCUT2D eigenvalue weighted by atomic mass is 32.2. The largest absolute Gasteiger partial charge is 0.464 e. The van der Waals surface area contributed by atoms with E-state index < -0.39 is 0 Å². The zero-order chi connectivity index (χ0) is 21.8. The van der Waals surface area contributed by atoms with E-state index >= 15 is 0 Å². The number of carbonyl (C=O) groups is 1. The Labute approximate surface area is 186 Å². The highest BCUT2D eigenvalue weighted by Crippen LogP contribution is 2.32. The van der Waals surface area contributed by atoms with Crippen LogP contribution in [0.5, 0.6) is 0 Å². The minimum absolute atomic E-state index is 0.0335. The van der Waals surface area contributed by atoms with Crippen LogP contribution in [0.2, 0.25) is 0 Å². The van der Waals surface area contributed by atoms with Crippen molar-refractivity contribution in [1.82, 2.24) is 9.55 Å². The zero-order valence-electron chi connectivity index (χ0n) is 16.5. The predicted molar refractivity (Wildman–Crippen MR) is 122 cm³/mol. The smallest absolute Gasteiger partial charge is 0.263 e.